The lowest BCUT2D eigenvalue weighted by Gasteiger charge is -2.28. The van der Waals surface area contributed by atoms with Crippen LogP contribution in [0.15, 0.2) is 18.2 Å². The Morgan fingerprint density at radius 2 is 2.06 bits per heavy atom. The first-order chi connectivity index (χ1) is 8.72. The van der Waals surface area contributed by atoms with Crippen LogP contribution in [0, 0.1) is 17.1 Å². The monoisotopic (exact) mass is 248 g/mol. The smallest absolute Gasteiger partial charge is 0.144 e. The molecule has 0 heterocycles. The van der Waals surface area contributed by atoms with Crippen LogP contribution in [0.1, 0.15) is 31.2 Å². The second kappa shape index (κ2) is 5.83. The first kappa shape index (κ1) is 12.8. The van der Waals surface area contributed by atoms with Crippen molar-refractivity contribution in [2.75, 3.05) is 7.05 Å². The molecule has 0 aliphatic heterocycles. The van der Waals surface area contributed by atoms with E-state index in [1.54, 1.807) is 12.1 Å². The van der Waals surface area contributed by atoms with E-state index in [1.165, 1.54) is 12.1 Å². The number of nitrogens with zero attached hydrogens (tertiary/aromatic N) is 1. The van der Waals surface area contributed by atoms with Crippen molar-refractivity contribution in [3.63, 3.8) is 0 Å². The Balaban J connectivity index is 1.94. The van der Waals surface area contributed by atoms with E-state index in [0.29, 0.717) is 11.8 Å². The lowest BCUT2D eigenvalue weighted by molar-refractivity contribution is 0.141. The minimum absolute atomic E-state index is 0.0567. The number of ether oxygens (including phenoxy) is 1. The highest BCUT2D eigenvalue weighted by Gasteiger charge is 2.21. The minimum Gasteiger partial charge on any atom is -0.490 e. The Bertz CT molecular complexity index is 448. The van der Waals surface area contributed by atoms with Crippen molar-refractivity contribution in [1.29, 1.82) is 5.26 Å². The molecule has 96 valence electrons. The van der Waals surface area contributed by atoms with Crippen LogP contribution in [0.5, 0.6) is 5.75 Å². The van der Waals surface area contributed by atoms with Crippen molar-refractivity contribution in [2.24, 2.45) is 0 Å². The molecule has 0 amide bonds. The fourth-order valence-electron chi connectivity index (χ4n) is 2.32. The van der Waals surface area contributed by atoms with Gasteiger partial charge in [0.2, 0.25) is 0 Å². The van der Waals surface area contributed by atoms with Gasteiger partial charge in [-0.3, -0.25) is 0 Å². The molecule has 18 heavy (non-hydrogen) atoms. The summed E-state index contributed by atoms with van der Waals surface area (Å²) >= 11 is 0. The summed E-state index contributed by atoms with van der Waals surface area (Å²) in [5.41, 5.74) is 0.0567. The highest BCUT2D eigenvalue weighted by molar-refractivity contribution is 5.36. The van der Waals surface area contributed by atoms with Crippen molar-refractivity contribution < 1.29 is 9.13 Å². The van der Waals surface area contributed by atoms with Gasteiger partial charge in [0.15, 0.2) is 0 Å². The molecular weight excluding hydrogens is 231 g/mol. The molecule has 1 saturated carbocycles. The molecule has 1 aromatic rings. The summed E-state index contributed by atoms with van der Waals surface area (Å²) in [5.74, 6) is -0.00156. The fourth-order valence-corrected chi connectivity index (χ4v) is 2.32. The van der Waals surface area contributed by atoms with Crippen molar-refractivity contribution >= 4 is 0 Å². The first-order valence-electron chi connectivity index (χ1n) is 6.26. The van der Waals surface area contributed by atoms with Gasteiger partial charge in [0.25, 0.3) is 0 Å². The molecule has 3 nitrogen and oxygen atoms in total. The second-order valence-electron chi connectivity index (χ2n) is 4.63. The zero-order chi connectivity index (χ0) is 13.0. The summed E-state index contributed by atoms with van der Waals surface area (Å²) in [6, 6.07) is 6.79. The molecule has 0 bridgehead atoms. The first-order valence-corrected chi connectivity index (χ1v) is 6.26. The van der Waals surface area contributed by atoms with E-state index in [4.69, 9.17) is 10.00 Å². The summed E-state index contributed by atoms with van der Waals surface area (Å²) in [7, 11) is 1.97. The van der Waals surface area contributed by atoms with Gasteiger partial charge in [-0.2, -0.15) is 5.26 Å². The van der Waals surface area contributed by atoms with Crippen LogP contribution < -0.4 is 10.1 Å². The lowest BCUT2D eigenvalue weighted by atomic mass is 9.93. The summed E-state index contributed by atoms with van der Waals surface area (Å²) in [4.78, 5) is 0. The van der Waals surface area contributed by atoms with Crippen LogP contribution in [0.3, 0.4) is 0 Å². The molecule has 0 radical (unpaired) electrons. The molecule has 0 spiro atoms. The van der Waals surface area contributed by atoms with Crippen LogP contribution in [-0.4, -0.2) is 19.2 Å². The lowest BCUT2D eigenvalue weighted by Crippen LogP contribution is -2.34. The largest absolute Gasteiger partial charge is 0.490 e. The number of rotatable bonds is 3. The maximum Gasteiger partial charge on any atom is 0.144 e. The van der Waals surface area contributed by atoms with Gasteiger partial charge in [-0.15, -0.1) is 0 Å². The van der Waals surface area contributed by atoms with Gasteiger partial charge >= 0.3 is 0 Å². The summed E-state index contributed by atoms with van der Waals surface area (Å²) in [5, 5.41) is 11.9. The van der Waals surface area contributed by atoms with Gasteiger partial charge in [-0.1, -0.05) is 0 Å². The van der Waals surface area contributed by atoms with Crippen LogP contribution in [0.4, 0.5) is 4.39 Å². The maximum absolute atomic E-state index is 13.4. The fraction of sp³-hybridized carbons (Fsp3) is 0.500. The van der Waals surface area contributed by atoms with Gasteiger partial charge in [0.05, 0.1) is 11.7 Å². The SMILES string of the molecule is CNC1CCC(Oc2ccc(C#N)c(F)c2)CC1. The van der Waals surface area contributed by atoms with Gasteiger partial charge in [0, 0.05) is 12.1 Å². The normalized spacial score (nSPS) is 23.4. The number of benzene rings is 1. The molecule has 2 rings (SSSR count). The molecule has 0 saturated heterocycles. The van der Waals surface area contributed by atoms with Gasteiger partial charge in [0.1, 0.15) is 17.6 Å². The molecule has 1 aliphatic carbocycles. The number of nitrogens with one attached hydrogen (secondary N) is 1. The van der Waals surface area contributed by atoms with E-state index in [2.05, 4.69) is 5.32 Å². The van der Waals surface area contributed by atoms with Gasteiger partial charge < -0.3 is 10.1 Å². The van der Waals surface area contributed by atoms with Crippen molar-refractivity contribution in [3.8, 4) is 11.8 Å². The van der Waals surface area contributed by atoms with Gasteiger partial charge in [-0.05, 0) is 44.9 Å². The predicted molar refractivity (Wildman–Crippen MR) is 66.8 cm³/mol. The molecule has 1 N–H and O–H groups in total. The maximum atomic E-state index is 13.4. The minimum atomic E-state index is -0.515. The van der Waals surface area contributed by atoms with Crippen LogP contribution in [-0.2, 0) is 0 Å². The van der Waals surface area contributed by atoms with E-state index < -0.39 is 5.82 Å². The predicted octanol–water partition coefficient (Wildman–Crippen LogP) is 2.61. The number of hydrogen-bond acceptors (Lipinski definition) is 3. The van der Waals surface area contributed by atoms with E-state index in [9.17, 15) is 4.39 Å². The Kier molecular flexibility index (Phi) is 4.16. The Morgan fingerprint density at radius 1 is 1.33 bits per heavy atom. The summed E-state index contributed by atoms with van der Waals surface area (Å²) in [6.45, 7) is 0. The summed E-state index contributed by atoms with van der Waals surface area (Å²) in [6.07, 6.45) is 4.28. The molecule has 0 atom stereocenters. The highest BCUT2D eigenvalue weighted by Crippen LogP contribution is 2.24. The second-order valence-corrected chi connectivity index (χ2v) is 4.63. The molecular formula is C14H17FN2O. The third-order valence-corrected chi connectivity index (χ3v) is 3.45. The molecule has 4 heteroatoms. The Labute approximate surface area is 107 Å². The van der Waals surface area contributed by atoms with E-state index in [0.717, 1.165) is 25.7 Å². The van der Waals surface area contributed by atoms with Crippen molar-refractivity contribution in [3.05, 3.63) is 29.6 Å². The third-order valence-electron chi connectivity index (χ3n) is 3.45. The van der Waals surface area contributed by atoms with Gasteiger partial charge in [-0.25, -0.2) is 4.39 Å². The molecule has 0 unspecified atom stereocenters. The van der Waals surface area contributed by atoms with Crippen LogP contribution in [0.25, 0.3) is 0 Å². The quantitative estimate of drug-likeness (QED) is 0.894. The Hall–Kier alpha value is -1.60. The zero-order valence-corrected chi connectivity index (χ0v) is 10.4. The average Bonchev–Trinajstić information content (AvgIpc) is 2.40. The Morgan fingerprint density at radius 3 is 2.61 bits per heavy atom. The standard InChI is InChI=1S/C14H17FN2O/c1-17-11-3-6-12(7-4-11)18-13-5-2-10(9-16)14(15)8-13/h2,5,8,11-12,17H,3-4,6-7H2,1H3. The third kappa shape index (κ3) is 2.99. The topological polar surface area (TPSA) is 45.0 Å². The molecule has 0 aromatic heterocycles. The molecule has 1 aromatic carbocycles. The van der Waals surface area contributed by atoms with Crippen molar-refractivity contribution in [1.82, 2.24) is 5.32 Å². The van der Waals surface area contributed by atoms with Crippen LogP contribution in [0.2, 0.25) is 0 Å². The van der Waals surface area contributed by atoms with Crippen molar-refractivity contribution in [2.45, 2.75) is 37.8 Å². The average molecular weight is 248 g/mol. The summed E-state index contributed by atoms with van der Waals surface area (Å²) < 4.78 is 19.2. The molecule has 1 fully saturated rings. The number of halogens is 1. The van der Waals surface area contributed by atoms with E-state index >= 15 is 0 Å². The van der Waals surface area contributed by atoms with E-state index in [-0.39, 0.29) is 11.7 Å². The zero-order valence-electron chi connectivity index (χ0n) is 10.4. The number of hydrogen-bond donors (Lipinski definition) is 1. The van der Waals surface area contributed by atoms with Crippen LogP contribution >= 0.6 is 0 Å². The number of nitriles is 1. The molecule has 1 aliphatic rings. The highest BCUT2D eigenvalue weighted by atomic mass is 19.1. The van der Waals surface area contributed by atoms with E-state index in [1.807, 2.05) is 7.05 Å².